The van der Waals surface area contributed by atoms with E-state index in [2.05, 4.69) is 5.32 Å². The number of carbonyl (C=O) groups excluding carboxylic acids is 1. The van der Waals surface area contributed by atoms with Gasteiger partial charge in [0, 0.05) is 24.0 Å². The van der Waals surface area contributed by atoms with Gasteiger partial charge in [0.05, 0.1) is 4.92 Å². The molecule has 0 saturated heterocycles. The van der Waals surface area contributed by atoms with E-state index < -0.39 is 16.4 Å². The maximum atomic E-state index is 12.6. The Kier molecular flexibility index (Phi) is 5.73. The first kappa shape index (κ1) is 19.8. The van der Waals surface area contributed by atoms with E-state index in [1.807, 2.05) is 32.0 Å². The largest absolute Gasteiger partial charge is 0.406 e. The van der Waals surface area contributed by atoms with Crippen molar-refractivity contribution in [2.45, 2.75) is 20.5 Å². The Morgan fingerprint density at radius 3 is 2.52 bits per heavy atom. The van der Waals surface area contributed by atoms with Crippen molar-refractivity contribution in [1.82, 2.24) is 4.73 Å². The van der Waals surface area contributed by atoms with E-state index in [9.17, 15) is 19.7 Å². The van der Waals surface area contributed by atoms with E-state index >= 15 is 0 Å². The SMILES string of the molecule is Cc1cc(C)cc(NC(=O)c2cccn(OCc3cccc([N+](=O)[O-])c3)c2=O)c1. The van der Waals surface area contributed by atoms with Crippen LogP contribution in [0.4, 0.5) is 11.4 Å². The number of aromatic nitrogens is 1. The molecule has 29 heavy (non-hydrogen) atoms. The summed E-state index contributed by atoms with van der Waals surface area (Å²) < 4.78 is 0.940. The van der Waals surface area contributed by atoms with Crippen LogP contribution in [0.15, 0.2) is 65.6 Å². The zero-order valence-corrected chi connectivity index (χ0v) is 15.9. The van der Waals surface area contributed by atoms with Crippen LogP contribution in [0.1, 0.15) is 27.0 Å². The maximum absolute atomic E-state index is 12.6. The lowest BCUT2D eigenvalue weighted by molar-refractivity contribution is -0.384. The summed E-state index contributed by atoms with van der Waals surface area (Å²) in [6, 6.07) is 14.4. The average Bonchev–Trinajstić information content (AvgIpc) is 2.66. The predicted molar refractivity (Wildman–Crippen MR) is 108 cm³/mol. The van der Waals surface area contributed by atoms with Gasteiger partial charge in [0.2, 0.25) is 0 Å². The lowest BCUT2D eigenvalue weighted by Crippen LogP contribution is -2.32. The van der Waals surface area contributed by atoms with Crippen molar-refractivity contribution in [2.75, 3.05) is 5.32 Å². The second-order valence-corrected chi connectivity index (χ2v) is 6.58. The first-order valence-corrected chi connectivity index (χ1v) is 8.81. The lowest BCUT2D eigenvalue weighted by atomic mass is 10.1. The quantitative estimate of drug-likeness (QED) is 0.511. The van der Waals surface area contributed by atoms with Gasteiger partial charge in [-0.2, -0.15) is 4.73 Å². The Balaban J connectivity index is 1.77. The van der Waals surface area contributed by atoms with Gasteiger partial charge in [-0.1, -0.05) is 18.2 Å². The van der Waals surface area contributed by atoms with Gasteiger partial charge in [0.25, 0.3) is 17.2 Å². The molecule has 1 heterocycles. The first-order chi connectivity index (χ1) is 13.8. The smallest absolute Gasteiger partial charge is 0.295 e. The number of hydrogen-bond donors (Lipinski definition) is 1. The van der Waals surface area contributed by atoms with Gasteiger partial charge in [-0.05, 0) is 54.8 Å². The Morgan fingerprint density at radius 2 is 1.83 bits per heavy atom. The zero-order chi connectivity index (χ0) is 21.0. The molecule has 2 aromatic carbocycles. The second kappa shape index (κ2) is 8.39. The summed E-state index contributed by atoms with van der Waals surface area (Å²) in [6.45, 7) is 3.77. The molecule has 0 aliphatic heterocycles. The summed E-state index contributed by atoms with van der Waals surface area (Å²) >= 11 is 0. The standard InChI is InChI=1S/C21H19N3O5/c1-14-9-15(2)11-17(10-14)22-20(25)19-7-4-8-23(21(19)26)29-13-16-5-3-6-18(12-16)24(27)28/h3-12H,13H2,1-2H3,(H,22,25). The van der Waals surface area contributed by atoms with Crippen LogP contribution in [0.25, 0.3) is 0 Å². The average molecular weight is 393 g/mol. The van der Waals surface area contributed by atoms with E-state index in [4.69, 9.17) is 4.84 Å². The Hall–Kier alpha value is -3.94. The van der Waals surface area contributed by atoms with Crippen molar-refractivity contribution in [1.29, 1.82) is 0 Å². The van der Waals surface area contributed by atoms with E-state index in [1.165, 1.54) is 36.5 Å². The van der Waals surface area contributed by atoms with Crippen LogP contribution >= 0.6 is 0 Å². The van der Waals surface area contributed by atoms with E-state index in [-0.39, 0.29) is 17.9 Å². The highest BCUT2D eigenvalue weighted by molar-refractivity contribution is 6.04. The molecule has 0 bridgehead atoms. The number of nitro benzene ring substituents is 1. The molecule has 1 N–H and O–H groups in total. The molecule has 0 fully saturated rings. The number of non-ortho nitro benzene ring substituents is 1. The molecular formula is C21H19N3O5. The summed E-state index contributed by atoms with van der Waals surface area (Å²) in [6.07, 6.45) is 1.38. The fraction of sp³-hybridized carbons (Fsp3) is 0.143. The molecule has 3 rings (SSSR count). The number of hydrogen-bond acceptors (Lipinski definition) is 5. The molecule has 1 amide bonds. The van der Waals surface area contributed by atoms with Gasteiger partial charge >= 0.3 is 0 Å². The Morgan fingerprint density at radius 1 is 1.10 bits per heavy atom. The molecule has 1 aromatic heterocycles. The van der Waals surface area contributed by atoms with Crippen molar-refractivity contribution in [2.24, 2.45) is 0 Å². The third-order valence-corrected chi connectivity index (χ3v) is 4.13. The van der Waals surface area contributed by atoms with Gasteiger partial charge in [0.1, 0.15) is 12.2 Å². The van der Waals surface area contributed by atoms with Crippen LogP contribution in [-0.4, -0.2) is 15.6 Å². The van der Waals surface area contributed by atoms with Gasteiger partial charge in [-0.3, -0.25) is 19.7 Å². The number of carbonyl (C=O) groups is 1. The van der Waals surface area contributed by atoms with Crippen LogP contribution in [-0.2, 0) is 6.61 Å². The molecule has 3 aromatic rings. The van der Waals surface area contributed by atoms with Gasteiger partial charge in [0.15, 0.2) is 0 Å². The number of nitrogens with zero attached hydrogens (tertiary/aromatic N) is 2. The zero-order valence-electron chi connectivity index (χ0n) is 15.9. The minimum absolute atomic E-state index is 0.0657. The third kappa shape index (κ3) is 4.86. The molecule has 0 radical (unpaired) electrons. The highest BCUT2D eigenvalue weighted by Crippen LogP contribution is 2.15. The third-order valence-electron chi connectivity index (χ3n) is 4.13. The maximum Gasteiger partial charge on any atom is 0.295 e. The lowest BCUT2D eigenvalue weighted by Gasteiger charge is -2.11. The number of nitro groups is 1. The van der Waals surface area contributed by atoms with Gasteiger partial charge < -0.3 is 10.2 Å². The van der Waals surface area contributed by atoms with Crippen molar-refractivity contribution in [3.63, 3.8) is 0 Å². The van der Waals surface area contributed by atoms with E-state index in [0.29, 0.717) is 11.3 Å². The minimum atomic E-state index is -0.625. The molecule has 8 nitrogen and oxygen atoms in total. The van der Waals surface area contributed by atoms with E-state index in [1.54, 1.807) is 6.07 Å². The number of anilines is 1. The molecule has 0 aliphatic carbocycles. The topological polar surface area (TPSA) is 103 Å². The summed E-state index contributed by atoms with van der Waals surface area (Å²) in [7, 11) is 0. The summed E-state index contributed by atoms with van der Waals surface area (Å²) in [5.41, 5.74) is 2.33. The molecule has 0 unspecified atom stereocenters. The Bertz CT molecular complexity index is 1120. The van der Waals surface area contributed by atoms with Crippen LogP contribution in [0, 0.1) is 24.0 Å². The Labute approximate surface area is 166 Å². The van der Waals surface area contributed by atoms with Crippen molar-refractivity contribution in [3.8, 4) is 0 Å². The van der Waals surface area contributed by atoms with Gasteiger partial charge in [-0.25, -0.2) is 0 Å². The molecule has 0 atom stereocenters. The first-order valence-electron chi connectivity index (χ1n) is 8.81. The number of pyridine rings is 1. The summed E-state index contributed by atoms with van der Waals surface area (Å²) in [5, 5.41) is 13.6. The normalized spacial score (nSPS) is 10.4. The van der Waals surface area contributed by atoms with Gasteiger partial charge in [-0.15, -0.1) is 0 Å². The number of amides is 1. The van der Waals surface area contributed by atoms with Crippen LogP contribution in [0.3, 0.4) is 0 Å². The number of benzene rings is 2. The monoisotopic (exact) mass is 393 g/mol. The second-order valence-electron chi connectivity index (χ2n) is 6.58. The molecule has 8 heteroatoms. The molecule has 0 spiro atoms. The van der Waals surface area contributed by atoms with Crippen molar-refractivity contribution < 1.29 is 14.6 Å². The summed E-state index contributed by atoms with van der Waals surface area (Å²) in [4.78, 5) is 40.9. The van der Waals surface area contributed by atoms with Crippen LogP contribution in [0.2, 0.25) is 0 Å². The minimum Gasteiger partial charge on any atom is -0.406 e. The predicted octanol–water partition coefficient (Wildman–Crippen LogP) is 3.25. The van der Waals surface area contributed by atoms with E-state index in [0.717, 1.165) is 15.9 Å². The van der Waals surface area contributed by atoms with Crippen molar-refractivity contribution in [3.05, 3.63) is 104 Å². The number of rotatable bonds is 6. The molecule has 148 valence electrons. The van der Waals surface area contributed by atoms with Crippen molar-refractivity contribution >= 4 is 17.3 Å². The fourth-order valence-corrected chi connectivity index (χ4v) is 2.90. The summed E-state index contributed by atoms with van der Waals surface area (Å²) in [5.74, 6) is -0.548. The molecule has 0 aliphatic rings. The number of aryl methyl sites for hydroxylation is 2. The fourth-order valence-electron chi connectivity index (χ4n) is 2.90. The number of nitrogens with one attached hydrogen (secondary N) is 1. The van der Waals surface area contributed by atoms with Crippen LogP contribution < -0.4 is 15.7 Å². The highest BCUT2D eigenvalue weighted by Gasteiger charge is 2.14. The molecular weight excluding hydrogens is 374 g/mol. The molecule has 0 saturated carbocycles. The highest BCUT2D eigenvalue weighted by atomic mass is 16.7. The van der Waals surface area contributed by atoms with Crippen LogP contribution in [0.5, 0.6) is 0 Å².